The molecule has 0 unspecified atom stereocenters. The molecule has 0 fully saturated rings. The van der Waals surface area contributed by atoms with Gasteiger partial charge < -0.3 is 5.21 Å². The van der Waals surface area contributed by atoms with Crippen molar-refractivity contribution in [2.24, 2.45) is 5.16 Å². The summed E-state index contributed by atoms with van der Waals surface area (Å²) in [6.45, 7) is 0. The van der Waals surface area contributed by atoms with E-state index in [-0.39, 0.29) is 0 Å². The summed E-state index contributed by atoms with van der Waals surface area (Å²) in [7, 11) is 0. The van der Waals surface area contributed by atoms with Crippen molar-refractivity contribution in [1.29, 1.82) is 0 Å². The molecule has 0 bridgehead atoms. The van der Waals surface area contributed by atoms with Crippen LogP contribution in [0.5, 0.6) is 0 Å². The van der Waals surface area contributed by atoms with Crippen LogP contribution in [0.2, 0.25) is 0 Å². The van der Waals surface area contributed by atoms with E-state index in [2.05, 4.69) is 10.5 Å². The van der Waals surface area contributed by atoms with Crippen LogP contribution in [0.25, 0.3) is 0 Å². The SMILES string of the molecule is O/N=C1\CCCc2sccc21. The molecule has 58 valence electrons. The molecule has 0 radical (unpaired) electrons. The number of hydrogen-bond acceptors (Lipinski definition) is 3. The average molecular weight is 167 g/mol. The summed E-state index contributed by atoms with van der Waals surface area (Å²) in [5, 5.41) is 14.0. The molecule has 2 rings (SSSR count). The van der Waals surface area contributed by atoms with Crippen LogP contribution in [0.15, 0.2) is 16.6 Å². The van der Waals surface area contributed by atoms with Crippen LogP contribution in [0.1, 0.15) is 23.3 Å². The van der Waals surface area contributed by atoms with Crippen molar-refractivity contribution in [2.45, 2.75) is 19.3 Å². The Hall–Kier alpha value is -0.830. The molecule has 2 nitrogen and oxygen atoms in total. The molecule has 0 amide bonds. The van der Waals surface area contributed by atoms with E-state index in [1.165, 1.54) is 4.88 Å². The fraction of sp³-hybridized carbons (Fsp3) is 0.375. The summed E-state index contributed by atoms with van der Waals surface area (Å²) in [6, 6.07) is 2.04. The number of oxime groups is 1. The number of fused-ring (bicyclic) bond motifs is 1. The van der Waals surface area contributed by atoms with E-state index in [1.54, 1.807) is 11.3 Å². The Morgan fingerprint density at radius 3 is 3.18 bits per heavy atom. The highest BCUT2D eigenvalue weighted by atomic mass is 32.1. The van der Waals surface area contributed by atoms with Gasteiger partial charge in [-0.25, -0.2) is 0 Å². The van der Waals surface area contributed by atoms with Gasteiger partial charge in [-0.15, -0.1) is 11.3 Å². The molecule has 0 saturated carbocycles. The highest BCUT2D eigenvalue weighted by molar-refractivity contribution is 7.10. The molecule has 1 aromatic rings. The van der Waals surface area contributed by atoms with Gasteiger partial charge >= 0.3 is 0 Å². The van der Waals surface area contributed by atoms with Crippen LogP contribution < -0.4 is 0 Å². The molecular formula is C8H9NOS. The van der Waals surface area contributed by atoms with Gasteiger partial charge in [0.25, 0.3) is 0 Å². The third-order valence-corrected chi connectivity index (χ3v) is 2.98. The summed E-state index contributed by atoms with van der Waals surface area (Å²) in [6.07, 6.45) is 3.18. The molecule has 1 N–H and O–H groups in total. The second kappa shape index (κ2) is 2.66. The van der Waals surface area contributed by atoms with E-state index in [0.717, 1.165) is 30.5 Å². The topological polar surface area (TPSA) is 32.6 Å². The summed E-state index contributed by atoms with van der Waals surface area (Å²) >= 11 is 1.75. The van der Waals surface area contributed by atoms with E-state index in [4.69, 9.17) is 5.21 Å². The maximum atomic E-state index is 8.65. The van der Waals surface area contributed by atoms with Crippen LogP contribution in [0, 0.1) is 0 Å². The molecule has 1 aliphatic carbocycles. The fourth-order valence-electron chi connectivity index (χ4n) is 1.45. The normalized spacial score (nSPS) is 20.2. The quantitative estimate of drug-likeness (QED) is 0.466. The zero-order valence-electron chi connectivity index (χ0n) is 6.08. The standard InChI is InChI=1S/C8H9NOS/c10-9-7-2-1-3-8-6(7)4-5-11-8/h4-5,10H,1-3H2/b9-7+. The van der Waals surface area contributed by atoms with Crippen molar-refractivity contribution in [3.63, 3.8) is 0 Å². The van der Waals surface area contributed by atoms with Gasteiger partial charge in [-0.3, -0.25) is 0 Å². The van der Waals surface area contributed by atoms with Crippen molar-refractivity contribution in [3.05, 3.63) is 21.9 Å². The summed E-state index contributed by atoms with van der Waals surface area (Å²) in [5.41, 5.74) is 2.01. The lowest BCUT2D eigenvalue weighted by molar-refractivity contribution is 0.317. The van der Waals surface area contributed by atoms with Crippen molar-refractivity contribution in [2.75, 3.05) is 0 Å². The molecule has 11 heavy (non-hydrogen) atoms. The van der Waals surface area contributed by atoms with E-state index in [9.17, 15) is 0 Å². The second-order valence-corrected chi connectivity index (χ2v) is 3.66. The first kappa shape index (κ1) is 6.85. The van der Waals surface area contributed by atoms with Gasteiger partial charge in [-0.2, -0.15) is 0 Å². The average Bonchev–Trinajstić information content (AvgIpc) is 2.50. The molecule has 1 aliphatic rings. The van der Waals surface area contributed by atoms with Gasteiger partial charge in [-0.1, -0.05) is 5.16 Å². The lowest BCUT2D eigenvalue weighted by Crippen LogP contribution is -2.08. The van der Waals surface area contributed by atoms with Crippen LogP contribution >= 0.6 is 11.3 Å². The Kier molecular flexibility index (Phi) is 1.66. The Morgan fingerprint density at radius 1 is 1.45 bits per heavy atom. The number of thiophene rings is 1. The van der Waals surface area contributed by atoms with Gasteiger partial charge in [0.05, 0.1) is 5.71 Å². The van der Waals surface area contributed by atoms with Gasteiger partial charge in [0.2, 0.25) is 0 Å². The molecule has 0 saturated heterocycles. The van der Waals surface area contributed by atoms with Gasteiger partial charge in [0, 0.05) is 10.4 Å². The van der Waals surface area contributed by atoms with Crippen molar-refractivity contribution < 1.29 is 5.21 Å². The Labute approximate surface area is 69.2 Å². The van der Waals surface area contributed by atoms with Crippen LogP contribution in [-0.4, -0.2) is 10.9 Å². The van der Waals surface area contributed by atoms with Crippen molar-refractivity contribution >= 4 is 17.0 Å². The minimum atomic E-state index is 0.854. The first-order valence-corrected chi connectivity index (χ1v) is 4.57. The lowest BCUT2D eigenvalue weighted by Gasteiger charge is -2.10. The van der Waals surface area contributed by atoms with E-state index < -0.39 is 0 Å². The highest BCUT2D eigenvalue weighted by Gasteiger charge is 2.16. The predicted molar refractivity (Wildman–Crippen MR) is 45.6 cm³/mol. The van der Waals surface area contributed by atoms with Crippen molar-refractivity contribution in [1.82, 2.24) is 0 Å². The Balaban J connectivity index is 2.48. The monoisotopic (exact) mass is 167 g/mol. The Morgan fingerprint density at radius 2 is 2.36 bits per heavy atom. The predicted octanol–water partition coefficient (Wildman–Crippen LogP) is 2.26. The molecule has 3 heteroatoms. The summed E-state index contributed by atoms with van der Waals surface area (Å²) in [4.78, 5) is 1.36. The van der Waals surface area contributed by atoms with Crippen LogP contribution in [0.4, 0.5) is 0 Å². The highest BCUT2D eigenvalue weighted by Crippen LogP contribution is 2.26. The number of nitrogens with zero attached hydrogens (tertiary/aromatic N) is 1. The largest absolute Gasteiger partial charge is 0.411 e. The van der Waals surface area contributed by atoms with Crippen LogP contribution in [-0.2, 0) is 6.42 Å². The molecular weight excluding hydrogens is 158 g/mol. The smallest absolute Gasteiger partial charge is 0.0879 e. The zero-order valence-corrected chi connectivity index (χ0v) is 6.90. The maximum Gasteiger partial charge on any atom is 0.0879 e. The second-order valence-electron chi connectivity index (χ2n) is 2.66. The Bertz CT molecular complexity index is 290. The molecule has 0 atom stereocenters. The third-order valence-electron chi connectivity index (χ3n) is 1.99. The maximum absolute atomic E-state index is 8.65. The number of hydrogen-bond donors (Lipinski definition) is 1. The molecule has 0 spiro atoms. The minimum absolute atomic E-state index is 0.854. The number of aryl methyl sites for hydroxylation is 1. The fourth-order valence-corrected chi connectivity index (χ4v) is 2.39. The lowest BCUT2D eigenvalue weighted by atomic mass is 9.97. The van der Waals surface area contributed by atoms with Gasteiger partial charge in [-0.05, 0) is 30.7 Å². The summed E-state index contributed by atoms with van der Waals surface area (Å²) < 4.78 is 0. The van der Waals surface area contributed by atoms with Gasteiger partial charge in [0.1, 0.15) is 0 Å². The van der Waals surface area contributed by atoms with E-state index in [0.29, 0.717) is 0 Å². The first-order chi connectivity index (χ1) is 5.42. The van der Waals surface area contributed by atoms with E-state index in [1.807, 2.05) is 6.07 Å². The van der Waals surface area contributed by atoms with Crippen LogP contribution in [0.3, 0.4) is 0 Å². The van der Waals surface area contributed by atoms with E-state index >= 15 is 0 Å². The number of rotatable bonds is 0. The van der Waals surface area contributed by atoms with Crippen molar-refractivity contribution in [3.8, 4) is 0 Å². The molecule has 0 aromatic carbocycles. The first-order valence-electron chi connectivity index (χ1n) is 3.69. The molecule has 0 aliphatic heterocycles. The summed E-state index contributed by atoms with van der Waals surface area (Å²) in [5.74, 6) is 0. The van der Waals surface area contributed by atoms with Gasteiger partial charge in [0.15, 0.2) is 0 Å². The molecule has 1 aromatic heterocycles. The third kappa shape index (κ3) is 1.05. The zero-order chi connectivity index (χ0) is 7.68. The minimum Gasteiger partial charge on any atom is -0.411 e. The molecule has 1 heterocycles.